The van der Waals surface area contributed by atoms with Crippen molar-refractivity contribution < 1.29 is 0 Å². The van der Waals surface area contributed by atoms with Crippen molar-refractivity contribution in [3.05, 3.63) is 35.9 Å². The summed E-state index contributed by atoms with van der Waals surface area (Å²) in [5.41, 5.74) is 1.83. The molecule has 100 valence electrons. The highest BCUT2D eigenvalue weighted by molar-refractivity contribution is 5.14. The van der Waals surface area contributed by atoms with Crippen LogP contribution in [0.15, 0.2) is 30.3 Å². The molecule has 1 saturated heterocycles. The molecule has 0 aliphatic carbocycles. The number of piperazine rings is 1. The molecular formula is C16H26N2. The van der Waals surface area contributed by atoms with Gasteiger partial charge < -0.3 is 5.32 Å². The Hall–Kier alpha value is -0.860. The van der Waals surface area contributed by atoms with Crippen LogP contribution in [-0.2, 0) is 6.54 Å². The Morgan fingerprint density at radius 2 is 1.94 bits per heavy atom. The molecule has 1 aromatic rings. The van der Waals surface area contributed by atoms with Gasteiger partial charge in [0.1, 0.15) is 0 Å². The second-order valence-corrected chi connectivity index (χ2v) is 6.58. The third-order valence-corrected chi connectivity index (χ3v) is 3.55. The van der Waals surface area contributed by atoms with Gasteiger partial charge in [-0.2, -0.15) is 0 Å². The predicted octanol–water partition coefficient (Wildman–Crippen LogP) is 2.90. The van der Waals surface area contributed by atoms with E-state index in [2.05, 4.69) is 61.3 Å². The minimum absolute atomic E-state index is 0.401. The summed E-state index contributed by atoms with van der Waals surface area (Å²) in [6, 6.07) is 11.5. The molecule has 2 heteroatoms. The van der Waals surface area contributed by atoms with Crippen LogP contribution in [0.4, 0.5) is 0 Å². The summed E-state index contributed by atoms with van der Waals surface area (Å²) in [7, 11) is 0. The van der Waals surface area contributed by atoms with Gasteiger partial charge in [0.05, 0.1) is 0 Å². The minimum Gasteiger partial charge on any atom is -0.314 e. The zero-order valence-electron chi connectivity index (χ0n) is 11.9. The molecule has 0 aromatic heterocycles. The Bertz CT molecular complexity index is 353. The molecule has 2 nitrogen and oxygen atoms in total. The Kier molecular flexibility index (Phi) is 4.41. The molecule has 1 aliphatic heterocycles. The second-order valence-electron chi connectivity index (χ2n) is 6.58. The zero-order valence-corrected chi connectivity index (χ0v) is 11.9. The lowest BCUT2D eigenvalue weighted by atomic mass is 9.86. The minimum atomic E-state index is 0.401. The fourth-order valence-electron chi connectivity index (χ4n) is 2.74. The molecule has 1 aliphatic rings. The Morgan fingerprint density at radius 3 is 2.61 bits per heavy atom. The maximum Gasteiger partial charge on any atom is 0.0237 e. The fraction of sp³-hybridized carbons (Fsp3) is 0.625. The van der Waals surface area contributed by atoms with E-state index in [4.69, 9.17) is 0 Å². The molecule has 1 aromatic carbocycles. The number of nitrogens with zero attached hydrogens (tertiary/aromatic N) is 1. The van der Waals surface area contributed by atoms with Gasteiger partial charge in [0.2, 0.25) is 0 Å². The molecule has 18 heavy (non-hydrogen) atoms. The second kappa shape index (κ2) is 5.85. The summed E-state index contributed by atoms with van der Waals surface area (Å²) in [5.74, 6) is 0. The summed E-state index contributed by atoms with van der Waals surface area (Å²) < 4.78 is 0. The van der Waals surface area contributed by atoms with Gasteiger partial charge in [-0.1, -0.05) is 51.1 Å². The molecule has 1 heterocycles. The van der Waals surface area contributed by atoms with Gasteiger partial charge in [-0.15, -0.1) is 0 Å². The average Bonchev–Trinajstić information content (AvgIpc) is 2.31. The number of hydrogen-bond acceptors (Lipinski definition) is 2. The van der Waals surface area contributed by atoms with Crippen molar-refractivity contribution in [2.45, 2.75) is 39.8 Å². The Balaban J connectivity index is 2.00. The summed E-state index contributed by atoms with van der Waals surface area (Å²) in [6.45, 7) is 11.5. The highest BCUT2D eigenvalue weighted by Gasteiger charge is 2.26. The van der Waals surface area contributed by atoms with Crippen molar-refractivity contribution in [2.75, 3.05) is 19.6 Å². The van der Waals surface area contributed by atoms with Crippen molar-refractivity contribution in [3.8, 4) is 0 Å². The maximum atomic E-state index is 3.53. The molecule has 1 atom stereocenters. The van der Waals surface area contributed by atoms with Gasteiger partial charge in [-0.3, -0.25) is 4.90 Å². The van der Waals surface area contributed by atoms with Crippen molar-refractivity contribution >= 4 is 0 Å². The van der Waals surface area contributed by atoms with Gasteiger partial charge in [0.25, 0.3) is 0 Å². The van der Waals surface area contributed by atoms with E-state index < -0.39 is 0 Å². The van der Waals surface area contributed by atoms with Gasteiger partial charge in [-0.05, 0) is 17.4 Å². The highest BCUT2D eigenvalue weighted by Crippen LogP contribution is 2.25. The first kappa shape index (κ1) is 13.6. The Labute approximate surface area is 111 Å². The van der Waals surface area contributed by atoms with E-state index in [-0.39, 0.29) is 0 Å². The van der Waals surface area contributed by atoms with Crippen LogP contribution < -0.4 is 5.32 Å². The lowest BCUT2D eigenvalue weighted by Gasteiger charge is -2.39. The van der Waals surface area contributed by atoms with E-state index in [9.17, 15) is 0 Å². The largest absolute Gasteiger partial charge is 0.314 e. The van der Waals surface area contributed by atoms with Crippen molar-refractivity contribution in [1.82, 2.24) is 10.2 Å². The predicted molar refractivity (Wildman–Crippen MR) is 77.6 cm³/mol. The topological polar surface area (TPSA) is 15.3 Å². The molecule has 0 bridgehead atoms. The molecule has 1 N–H and O–H groups in total. The zero-order chi connectivity index (χ0) is 13.0. The van der Waals surface area contributed by atoms with Crippen LogP contribution in [-0.4, -0.2) is 30.6 Å². The van der Waals surface area contributed by atoms with Crippen LogP contribution in [0.1, 0.15) is 32.8 Å². The van der Waals surface area contributed by atoms with E-state index in [0.717, 1.165) is 26.2 Å². The molecule has 0 spiro atoms. The highest BCUT2D eigenvalue weighted by atomic mass is 15.2. The van der Waals surface area contributed by atoms with Gasteiger partial charge in [0.15, 0.2) is 0 Å². The monoisotopic (exact) mass is 246 g/mol. The van der Waals surface area contributed by atoms with Crippen molar-refractivity contribution in [3.63, 3.8) is 0 Å². The van der Waals surface area contributed by atoms with Crippen LogP contribution in [0.5, 0.6) is 0 Å². The van der Waals surface area contributed by atoms with Gasteiger partial charge in [-0.25, -0.2) is 0 Å². The molecule has 0 saturated carbocycles. The van der Waals surface area contributed by atoms with E-state index >= 15 is 0 Å². The van der Waals surface area contributed by atoms with Crippen LogP contribution >= 0.6 is 0 Å². The van der Waals surface area contributed by atoms with E-state index in [1.165, 1.54) is 12.0 Å². The molecule has 2 rings (SSSR count). The van der Waals surface area contributed by atoms with Gasteiger partial charge >= 0.3 is 0 Å². The van der Waals surface area contributed by atoms with Gasteiger partial charge in [0, 0.05) is 32.2 Å². The first-order chi connectivity index (χ1) is 8.54. The number of benzene rings is 1. The normalized spacial score (nSPS) is 22.1. The lowest BCUT2D eigenvalue weighted by molar-refractivity contribution is 0.114. The SMILES string of the molecule is CC(C)(C)CC1CNCCN1Cc1ccccc1. The average molecular weight is 246 g/mol. The first-order valence-corrected chi connectivity index (χ1v) is 7.03. The third kappa shape index (κ3) is 4.11. The Morgan fingerprint density at radius 1 is 1.22 bits per heavy atom. The molecular weight excluding hydrogens is 220 g/mol. The lowest BCUT2D eigenvalue weighted by Crippen LogP contribution is -2.51. The quantitative estimate of drug-likeness (QED) is 0.882. The van der Waals surface area contributed by atoms with Crippen molar-refractivity contribution in [2.24, 2.45) is 5.41 Å². The standard InChI is InChI=1S/C16H26N2/c1-16(2,3)11-15-12-17-9-10-18(15)13-14-7-5-4-6-8-14/h4-8,15,17H,9-13H2,1-3H3. The number of rotatable bonds is 3. The van der Waals surface area contributed by atoms with Crippen LogP contribution in [0.3, 0.4) is 0 Å². The molecule has 0 amide bonds. The molecule has 1 fully saturated rings. The van der Waals surface area contributed by atoms with Crippen LogP contribution in [0.2, 0.25) is 0 Å². The number of nitrogens with one attached hydrogen (secondary N) is 1. The maximum absolute atomic E-state index is 3.53. The van der Waals surface area contributed by atoms with E-state index in [1.54, 1.807) is 0 Å². The molecule has 1 unspecified atom stereocenters. The van der Waals surface area contributed by atoms with Crippen LogP contribution in [0, 0.1) is 5.41 Å². The van der Waals surface area contributed by atoms with Crippen LogP contribution in [0.25, 0.3) is 0 Å². The summed E-state index contributed by atoms with van der Waals surface area (Å²) in [6.07, 6.45) is 1.26. The summed E-state index contributed by atoms with van der Waals surface area (Å²) in [5, 5.41) is 3.53. The summed E-state index contributed by atoms with van der Waals surface area (Å²) >= 11 is 0. The van der Waals surface area contributed by atoms with E-state index in [0.29, 0.717) is 11.5 Å². The number of hydrogen-bond donors (Lipinski definition) is 1. The fourth-order valence-corrected chi connectivity index (χ4v) is 2.74. The molecule has 0 radical (unpaired) electrons. The third-order valence-electron chi connectivity index (χ3n) is 3.55. The van der Waals surface area contributed by atoms with E-state index in [1.807, 2.05) is 0 Å². The smallest absolute Gasteiger partial charge is 0.0237 e. The van der Waals surface area contributed by atoms with Crippen molar-refractivity contribution in [1.29, 1.82) is 0 Å². The first-order valence-electron chi connectivity index (χ1n) is 7.03. The summed E-state index contributed by atoms with van der Waals surface area (Å²) in [4.78, 5) is 2.64.